The number of thiophene rings is 1. The van der Waals surface area contributed by atoms with Gasteiger partial charge in [-0.25, -0.2) is 4.68 Å². The smallest absolute Gasteiger partial charge is 0.276 e. The molecule has 1 N–H and O–H groups in total. The number of carbonyl (C=O) groups excluding carboxylic acids is 1. The molecule has 2 aromatic carbocycles. The molecule has 7 heteroatoms. The minimum atomic E-state index is -0.728. The molecule has 4 aromatic rings. The first-order chi connectivity index (χ1) is 13.5. The molecule has 1 amide bonds. The summed E-state index contributed by atoms with van der Waals surface area (Å²) in [6, 6.07) is 14.3. The van der Waals surface area contributed by atoms with E-state index in [1.165, 1.54) is 4.68 Å². The van der Waals surface area contributed by atoms with Crippen LogP contribution in [-0.2, 0) is 11.3 Å². The maximum Gasteiger partial charge on any atom is 0.276 e. The van der Waals surface area contributed by atoms with Crippen molar-refractivity contribution in [2.45, 2.75) is 26.4 Å². The molecule has 0 aliphatic heterocycles. The van der Waals surface area contributed by atoms with Crippen LogP contribution in [0.3, 0.4) is 0 Å². The Hall–Kier alpha value is -2.70. The van der Waals surface area contributed by atoms with Crippen molar-refractivity contribution < 1.29 is 4.79 Å². The second-order valence-corrected chi connectivity index (χ2v) is 8.15. The molecule has 0 radical (unpaired) electrons. The van der Waals surface area contributed by atoms with Crippen molar-refractivity contribution >= 4 is 49.0 Å². The summed E-state index contributed by atoms with van der Waals surface area (Å²) in [6.45, 7) is 3.88. The maximum atomic E-state index is 13.1. The van der Waals surface area contributed by atoms with Crippen molar-refractivity contribution in [1.82, 2.24) is 15.1 Å². The van der Waals surface area contributed by atoms with Gasteiger partial charge in [-0.05, 0) is 37.6 Å². The Labute approximate surface area is 170 Å². The molecule has 0 fully saturated rings. The van der Waals surface area contributed by atoms with Crippen molar-refractivity contribution in [3.8, 4) is 0 Å². The number of halogens is 1. The van der Waals surface area contributed by atoms with Gasteiger partial charge in [0.05, 0.1) is 15.8 Å². The number of carbonyl (C=O) groups is 1. The lowest BCUT2D eigenvalue weighted by molar-refractivity contribution is -0.124. The number of hydrogen-bond donors (Lipinski definition) is 1. The number of nitrogens with one attached hydrogen (secondary N) is 1. The summed E-state index contributed by atoms with van der Waals surface area (Å²) in [6.07, 6.45) is 0. The van der Waals surface area contributed by atoms with E-state index in [1.54, 1.807) is 30.4 Å². The van der Waals surface area contributed by atoms with Crippen molar-refractivity contribution in [1.29, 1.82) is 0 Å². The molecule has 2 aromatic heterocycles. The van der Waals surface area contributed by atoms with Gasteiger partial charge in [0.15, 0.2) is 0 Å². The summed E-state index contributed by atoms with van der Waals surface area (Å²) in [5.41, 5.74) is 1.39. The average molecular weight is 412 g/mol. The summed E-state index contributed by atoms with van der Waals surface area (Å²) >= 11 is 7.53. The zero-order valence-corrected chi connectivity index (χ0v) is 17.0. The highest BCUT2D eigenvalue weighted by atomic mass is 35.5. The summed E-state index contributed by atoms with van der Waals surface area (Å²) < 4.78 is 3.19. The molecule has 0 spiro atoms. The summed E-state index contributed by atoms with van der Waals surface area (Å²) in [4.78, 5) is 25.8. The monoisotopic (exact) mass is 411 g/mol. The number of amides is 1. The molecule has 0 aliphatic rings. The Morgan fingerprint density at radius 2 is 2.04 bits per heavy atom. The van der Waals surface area contributed by atoms with Gasteiger partial charge in [0.25, 0.3) is 5.56 Å². The fourth-order valence-electron chi connectivity index (χ4n) is 3.24. The SMILES string of the molecule is Cc1nn([C@@H](C)C(=O)NCc2cccc(Cl)c2)c(=O)c2c1sc1ccccc12. The van der Waals surface area contributed by atoms with E-state index in [0.717, 1.165) is 26.0 Å². The van der Waals surface area contributed by atoms with E-state index in [1.807, 2.05) is 43.3 Å². The highest BCUT2D eigenvalue weighted by Gasteiger charge is 2.21. The molecular formula is C21H18ClN3O2S. The number of aromatic nitrogens is 2. The van der Waals surface area contributed by atoms with Crippen LogP contribution in [0.4, 0.5) is 0 Å². The zero-order valence-electron chi connectivity index (χ0n) is 15.4. The Morgan fingerprint density at radius 1 is 1.25 bits per heavy atom. The minimum Gasteiger partial charge on any atom is -0.350 e. The van der Waals surface area contributed by atoms with Gasteiger partial charge in [-0.15, -0.1) is 11.3 Å². The molecule has 0 saturated carbocycles. The molecule has 2 heterocycles. The number of fused-ring (bicyclic) bond motifs is 3. The predicted molar refractivity (Wildman–Crippen MR) is 114 cm³/mol. The van der Waals surface area contributed by atoms with Crippen molar-refractivity contribution in [3.05, 3.63) is 75.2 Å². The molecule has 4 rings (SSSR count). The van der Waals surface area contributed by atoms with Gasteiger partial charge in [-0.1, -0.05) is 41.9 Å². The predicted octanol–water partition coefficient (Wildman–Crippen LogP) is 4.45. The Morgan fingerprint density at radius 3 is 2.82 bits per heavy atom. The first-order valence-electron chi connectivity index (χ1n) is 8.88. The molecule has 28 heavy (non-hydrogen) atoms. The first kappa shape index (κ1) is 18.7. The second-order valence-electron chi connectivity index (χ2n) is 6.66. The van der Waals surface area contributed by atoms with Crippen LogP contribution in [0.2, 0.25) is 5.02 Å². The number of aryl methyl sites for hydroxylation is 1. The highest BCUT2D eigenvalue weighted by Crippen LogP contribution is 2.32. The minimum absolute atomic E-state index is 0.247. The lowest BCUT2D eigenvalue weighted by atomic mass is 10.2. The van der Waals surface area contributed by atoms with Gasteiger partial charge < -0.3 is 5.32 Å². The van der Waals surface area contributed by atoms with Crippen LogP contribution in [0.15, 0.2) is 53.3 Å². The lowest BCUT2D eigenvalue weighted by Gasteiger charge is -2.15. The van der Waals surface area contributed by atoms with Gasteiger partial charge in [0, 0.05) is 21.7 Å². The van der Waals surface area contributed by atoms with E-state index >= 15 is 0 Å². The van der Waals surface area contributed by atoms with Gasteiger partial charge >= 0.3 is 0 Å². The quantitative estimate of drug-likeness (QED) is 0.539. The Bertz CT molecular complexity index is 1260. The average Bonchev–Trinajstić information content (AvgIpc) is 3.09. The molecule has 1 atom stereocenters. The van der Waals surface area contributed by atoms with Crippen LogP contribution in [-0.4, -0.2) is 15.7 Å². The van der Waals surface area contributed by atoms with Crippen LogP contribution < -0.4 is 10.9 Å². The van der Waals surface area contributed by atoms with Gasteiger partial charge in [-0.2, -0.15) is 5.10 Å². The van der Waals surface area contributed by atoms with Gasteiger partial charge in [0.2, 0.25) is 5.91 Å². The molecule has 0 aliphatic carbocycles. The first-order valence-corrected chi connectivity index (χ1v) is 10.1. The van der Waals surface area contributed by atoms with Crippen LogP contribution in [0.25, 0.3) is 20.2 Å². The van der Waals surface area contributed by atoms with E-state index in [2.05, 4.69) is 10.4 Å². The van der Waals surface area contributed by atoms with E-state index < -0.39 is 6.04 Å². The molecule has 0 saturated heterocycles. The fourth-order valence-corrected chi connectivity index (χ4v) is 4.58. The number of hydrogen-bond acceptors (Lipinski definition) is 4. The third-order valence-corrected chi connectivity index (χ3v) is 6.22. The largest absolute Gasteiger partial charge is 0.350 e. The van der Waals surface area contributed by atoms with Crippen LogP contribution in [0.5, 0.6) is 0 Å². The maximum absolute atomic E-state index is 13.1. The lowest BCUT2D eigenvalue weighted by Crippen LogP contribution is -2.37. The third-order valence-electron chi connectivity index (χ3n) is 4.71. The van der Waals surface area contributed by atoms with Crippen molar-refractivity contribution in [3.63, 3.8) is 0 Å². The van der Waals surface area contributed by atoms with Gasteiger partial charge in [0.1, 0.15) is 6.04 Å². The van der Waals surface area contributed by atoms with Crippen LogP contribution in [0.1, 0.15) is 24.2 Å². The van der Waals surface area contributed by atoms with Crippen LogP contribution >= 0.6 is 22.9 Å². The number of benzene rings is 2. The van der Waals surface area contributed by atoms with Crippen molar-refractivity contribution in [2.24, 2.45) is 0 Å². The molecular weight excluding hydrogens is 394 g/mol. The van der Waals surface area contributed by atoms with E-state index in [9.17, 15) is 9.59 Å². The Balaban J connectivity index is 1.68. The number of rotatable bonds is 4. The Kier molecular flexibility index (Phi) is 4.91. The fraction of sp³-hybridized carbons (Fsp3) is 0.190. The molecule has 142 valence electrons. The zero-order chi connectivity index (χ0) is 19.8. The topological polar surface area (TPSA) is 64.0 Å². The number of nitrogens with zero attached hydrogens (tertiary/aromatic N) is 2. The molecule has 0 unspecified atom stereocenters. The van der Waals surface area contributed by atoms with Crippen molar-refractivity contribution in [2.75, 3.05) is 0 Å². The normalized spacial score (nSPS) is 12.4. The van der Waals surface area contributed by atoms with Crippen LogP contribution in [0, 0.1) is 6.92 Å². The molecule has 5 nitrogen and oxygen atoms in total. The van der Waals surface area contributed by atoms with Gasteiger partial charge in [-0.3, -0.25) is 9.59 Å². The highest BCUT2D eigenvalue weighted by molar-refractivity contribution is 7.26. The van der Waals surface area contributed by atoms with E-state index in [0.29, 0.717) is 17.0 Å². The molecule has 0 bridgehead atoms. The summed E-state index contributed by atoms with van der Waals surface area (Å²) in [5.74, 6) is -0.270. The second kappa shape index (κ2) is 7.37. The van der Waals surface area contributed by atoms with E-state index in [-0.39, 0.29) is 11.5 Å². The summed E-state index contributed by atoms with van der Waals surface area (Å²) in [5, 5.41) is 9.42. The standard InChI is InChI=1S/C21H18ClN3O2S/c1-12-19-18(16-8-3-4-9-17(16)28-19)21(27)25(24-12)13(2)20(26)23-11-14-6-5-7-15(22)10-14/h3-10,13H,11H2,1-2H3,(H,23,26)/t13-/m0/s1. The van der Waals surface area contributed by atoms with E-state index in [4.69, 9.17) is 11.6 Å². The third kappa shape index (κ3) is 3.30. The summed E-state index contributed by atoms with van der Waals surface area (Å²) in [7, 11) is 0.